The number of hydrogen-bond acceptors (Lipinski definition) is 7. The Morgan fingerprint density at radius 2 is 1.97 bits per heavy atom. The van der Waals surface area contributed by atoms with Gasteiger partial charge in [-0.1, -0.05) is 11.6 Å². The van der Waals surface area contributed by atoms with Crippen molar-refractivity contribution in [2.45, 2.75) is 12.5 Å². The number of H-pyrrole nitrogens is 1. The predicted molar refractivity (Wildman–Crippen MR) is 132 cm³/mol. The third-order valence-corrected chi connectivity index (χ3v) is 6.12. The lowest BCUT2D eigenvalue weighted by atomic mass is 9.98. The summed E-state index contributed by atoms with van der Waals surface area (Å²) in [5.74, 6) is -1.92. The van der Waals surface area contributed by atoms with Crippen LogP contribution in [0.1, 0.15) is 33.2 Å². The van der Waals surface area contributed by atoms with Crippen molar-refractivity contribution in [3.8, 4) is 5.69 Å². The highest BCUT2D eigenvalue weighted by Crippen LogP contribution is 2.30. The van der Waals surface area contributed by atoms with Gasteiger partial charge in [-0.15, -0.1) is 5.10 Å². The third kappa shape index (κ3) is 4.95. The summed E-state index contributed by atoms with van der Waals surface area (Å²) in [6.07, 6.45) is 6.42. The molecule has 1 aliphatic rings. The number of carboxylic acids is 1. The van der Waals surface area contributed by atoms with Crippen molar-refractivity contribution in [1.82, 2.24) is 35.3 Å². The first-order valence-electron chi connectivity index (χ1n) is 11.1. The number of carbonyl (C=O) groups is 3. The van der Waals surface area contributed by atoms with Crippen LogP contribution in [0.2, 0.25) is 5.02 Å². The fraction of sp³-hybridized carbons (Fsp3) is 0.125. The molecule has 0 saturated heterocycles. The fourth-order valence-corrected chi connectivity index (χ4v) is 4.29. The predicted octanol–water partition coefficient (Wildman–Crippen LogP) is 2.51. The molecule has 13 heteroatoms. The second-order valence-electron chi connectivity index (χ2n) is 8.15. The largest absolute Gasteiger partial charge is 0.478 e. The molecule has 12 nitrogen and oxygen atoms in total. The van der Waals surface area contributed by atoms with Crippen LogP contribution < -0.4 is 5.32 Å². The van der Waals surface area contributed by atoms with Gasteiger partial charge in [-0.3, -0.25) is 14.7 Å². The molecule has 37 heavy (non-hydrogen) atoms. The van der Waals surface area contributed by atoms with Crippen molar-refractivity contribution in [3.05, 3.63) is 88.5 Å². The van der Waals surface area contributed by atoms with Crippen LogP contribution in [0, 0.1) is 0 Å². The summed E-state index contributed by atoms with van der Waals surface area (Å²) in [5, 5.41) is 30.4. The molecule has 0 unspecified atom stereocenters. The van der Waals surface area contributed by atoms with Gasteiger partial charge in [0.25, 0.3) is 5.91 Å². The number of nitrogens with zero attached hydrogens (tertiary/aromatic N) is 6. The first-order chi connectivity index (χ1) is 17.9. The molecular weight excluding hydrogens is 500 g/mol. The Labute approximate surface area is 214 Å². The van der Waals surface area contributed by atoms with Crippen LogP contribution in [0.4, 0.5) is 5.69 Å². The van der Waals surface area contributed by atoms with Crippen LogP contribution >= 0.6 is 11.6 Å². The van der Waals surface area contributed by atoms with Gasteiger partial charge < -0.3 is 15.3 Å². The number of halogens is 1. The summed E-state index contributed by atoms with van der Waals surface area (Å²) in [4.78, 5) is 39.3. The molecule has 186 valence electrons. The fourth-order valence-electron chi connectivity index (χ4n) is 4.11. The molecule has 5 rings (SSSR count). The molecule has 2 aromatic carbocycles. The monoisotopic (exact) mass is 518 g/mol. The van der Waals surface area contributed by atoms with Gasteiger partial charge in [0.05, 0.1) is 17.4 Å². The summed E-state index contributed by atoms with van der Waals surface area (Å²) in [6, 6.07) is 9.91. The van der Waals surface area contributed by atoms with Crippen molar-refractivity contribution in [1.29, 1.82) is 0 Å². The van der Waals surface area contributed by atoms with Crippen molar-refractivity contribution in [2.24, 2.45) is 0 Å². The number of aromatic amines is 1. The number of fused-ring (bicyclic) bond motifs is 1. The molecule has 0 aliphatic carbocycles. The average molecular weight is 519 g/mol. The van der Waals surface area contributed by atoms with E-state index in [-0.39, 0.29) is 12.1 Å². The topological polar surface area (TPSA) is 159 Å². The van der Waals surface area contributed by atoms with Gasteiger partial charge in [0, 0.05) is 46.6 Å². The van der Waals surface area contributed by atoms with Gasteiger partial charge in [0.1, 0.15) is 12.4 Å². The highest BCUT2D eigenvalue weighted by atomic mass is 35.5. The van der Waals surface area contributed by atoms with Gasteiger partial charge in [-0.2, -0.15) is 9.78 Å². The lowest BCUT2D eigenvalue weighted by molar-refractivity contribution is -0.135. The number of tetrazole rings is 1. The molecule has 0 spiro atoms. The van der Waals surface area contributed by atoms with E-state index < -0.39 is 23.8 Å². The number of benzene rings is 2. The van der Waals surface area contributed by atoms with Crippen LogP contribution in [0.15, 0.2) is 61.1 Å². The molecule has 0 saturated carbocycles. The molecule has 2 aromatic heterocycles. The summed E-state index contributed by atoms with van der Waals surface area (Å²) < 4.78 is 1.45. The number of carboxylic acid groups (broad SMARTS) is 1. The first kappa shape index (κ1) is 23.9. The molecule has 0 radical (unpaired) electrons. The van der Waals surface area contributed by atoms with Crippen LogP contribution in [-0.4, -0.2) is 64.7 Å². The molecule has 0 bridgehead atoms. The number of carbonyl (C=O) groups excluding carboxylic acids is 2. The van der Waals surface area contributed by atoms with E-state index >= 15 is 0 Å². The maximum absolute atomic E-state index is 13.4. The van der Waals surface area contributed by atoms with E-state index in [0.29, 0.717) is 33.9 Å². The molecule has 2 amide bonds. The minimum atomic E-state index is -1.07. The smallest absolute Gasteiger partial charge is 0.335 e. The van der Waals surface area contributed by atoms with E-state index in [9.17, 15) is 14.4 Å². The molecule has 3 N–H and O–H groups in total. The number of anilines is 1. The lowest BCUT2D eigenvalue weighted by Crippen LogP contribution is -2.44. The molecule has 3 heterocycles. The van der Waals surface area contributed by atoms with E-state index in [4.69, 9.17) is 16.7 Å². The lowest BCUT2D eigenvalue weighted by Gasteiger charge is -2.33. The van der Waals surface area contributed by atoms with Crippen LogP contribution in [0.25, 0.3) is 11.8 Å². The number of amides is 2. The number of hydrogen-bond donors (Lipinski definition) is 3. The van der Waals surface area contributed by atoms with Crippen molar-refractivity contribution >= 4 is 41.1 Å². The number of aromatic carboxylic acids is 1. The third-order valence-electron chi connectivity index (χ3n) is 5.88. The summed E-state index contributed by atoms with van der Waals surface area (Å²) >= 11 is 6.17. The van der Waals surface area contributed by atoms with Crippen molar-refractivity contribution in [2.75, 3.05) is 11.9 Å². The Morgan fingerprint density at radius 1 is 1.16 bits per heavy atom. The normalized spacial score (nSPS) is 14.9. The Balaban J connectivity index is 1.41. The first-order valence-corrected chi connectivity index (χ1v) is 11.5. The maximum Gasteiger partial charge on any atom is 0.335 e. The Kier molecular flexibility index (Phi) is 6.47. The SMILES string of the molecule is O=C(O)c1ccc(NC(=O)[C@@H]2c3cn[nH]c3CCN2C(=O)/C=C/c2cc(Cl)ccc2-n2cnnn2)cc1. The minimum Gasteiger partial charge on any atom is -0.478 e. The zero-order valence-electron chi connectivity index (χ0n) is 19.1. The minimum absolute atomic E-state index is 0.0942. The molecule has 0 fully saturated rings. The van der Waals surface area contributed by atoms with Crippen molar-refractivity contribution in [3.63, 3.8) is 0 Å². The second-order valence-corrected chi connectivity index (χ2v) is 8.59. The number of rotatable bonds is 6. The van der Waals surface area contributed by atoms with Gasteiger partial charge in [-0.05, 0) is 59.0 Å². The highest BCUT2D eigenvalue weighted by Gasteiger charge is 2.36. The summed E-state index contributed by atoms with van der Waals surface area (Å²) in [5.41, 5.74) is 3.08. The van der Waals surface area contributed by atoms with E-state index in [1.807, 2.05) is 0 Å². The van der Waals surface area contributed by atoms with E-state index in [0.717, 1.165) is 5.69 Å². The van der Waals surface area contributed by atoms with Crippen LogP contribution in [0.3, 0.4) is 0 Å². The highest BCUT2D eigenvalue weighted by molar-refractivity contribution is 6.30. The molecule has 4 aromatic rings. The van der Waals surface area contributed by atoms with E-state index in [2.05, 4.69) is 31.0 Å². The standard InChI is InChI=1S/C24H19ClN8O4/c25-16-4-7-20(33-13-27-30-31-33)15(11-16)3-8-21(34)32-10-9-19-18(12-26-29-19)22(32)23(35)28-17-5-1-14(2-6-17)24(36)37/h1-8,11-13,22H,9-10H2,(H,26,29)(H,28,35)(H,36,37)/b8-3+/t22-/m0/s1. The maximum atomic E-state index is 13.4. The van der Waals surface area contributed by atoms with Crippen LogP contribution in [0.5, 0.6) is 0 Å². The summed E-state index contributed by atoms with van der Waals surface area (Å²) in [7, 11) is 0. The zero-order valence-corrected chi connectivity index (χ0v) is 19.8. The second kappa shape index (κ2) is 10.0. The summed E-state index contributed by atoms with van der Waals surface area (Å²) in [6.45, 7) is 0.282. The Hall–Kier alpha value is -4.84. The van der Waals surface area contributed by atoms with Gasteiger partial charge >= 0.3 is 5.97 Å². The Morgan fingerprint density at radius 3 is 2.70 bits per heavy atom. The number of aromatic nitrogens is 6. The quantitative estimate of drug-likeness (QED) is 0.328. The van der Waals surface area contributed by atoms with Gasteiger partial charge in [-0.25, -0.2) is 4.79 Å². The van der Waals surface area contributed by atoms with Crippen LogP contribution in [-0.2, 0) is 16.0 Å². The van der Waals surface area contributed by atoms with E-state index in [1.165, 1.54) is 52.4 Å². The van der Waals surface area contributed by atoms with Gasteiger partial charge in [0.2, 0.25) is 5.91 Å². The van der Waals surface area contributed by atoms with Gasteiger partial charge in [0.15, 0.2) is 0 Å². The number of nitrogens with one attached hydrogen (secondary N) is 2. The molecule has 1 atom stereocenters. The van der Waals surface area contributed by atoms with E-state index in [1.54, 1.807) is 24.3 Å². The molecule has 1 aliphatic heterocycles. The average Bonchev–Trinajstić information content (AvgIpc) is 3.59. The zero-order chi connectivity index (χ0) is 25.9. The van der Waals surface area contributed by atoms with Crippen molar-refractivity contribution < 1.29 is 19.5 Å². The molecular formula is C24H19ClN8O4. The Bertz CT molecular complexity index is 1500.